The molecule has 1 heterocycles. The van der Waals surface area contributed by atoms with Crippen LogP contribution >= 0.6 is 0 Å². The van der Waals surface area contributed by atoms with Gasteiger partial charge in [-0.05, 0) is 27.2 Å². The lowest BCUT2D eigenvalue weighted by atomic mass is 10.2. The van der Waals surface area contributed by atoms with Gasteiger partial charge in [0.25, 0.3) is 0 Å². The van der Waals surface area contributed by atoms with Gasteiger partial charge in [-0.2, -0.15) is 0 Å². The van der Waals surface area contributed by atoms with E-state index in [1.54, 1.807) is 13.8 Å². The number of anilines is 2. The highest BCUT2D eigenvalue weighted by Gasteiger charge is 2.07. The Kier molecular flexibility index (Phi) is 4.45. The molecule has 0 saturated carbocycles. The average Bonchev–Trinajstić information content (AvgIpc) is 2.22. The maximum Gasteiger partial charge on any atom is 0.148 e. The third-order valence-electron chi connectivity index (χ3n) is 2.25. The van der Waals surface area contributed by atoms with E-state index in [4.69, 9.17) is 10.9 Å². The number of hydrogen-bond acceptors (Lipinski definition) is 6. The second kappa shape index (κ2) is 5.62. The van der Waals surface area contributed by atoms with Crippen molar-refractivity contribution >= 4 is 11.6 Å². The summed E-state index contributed by atoms with van der Waals surface area (Å²) in [6.45, 7) is 6.12. The summed E-state index contributed by atoms with van der Waals surface area (Å²) >= 11 is 0. The number of nitrogens with one attached hydrogen (secondary N) is 2. The van der Waals surface area contributed by atoms with Crippen molar-refractivity contribution in [2.24, 2.45) is 5.84 Å². The zero-order valence-electron chi connectivity index (χ0n) is 9.91. The molecule has 6 heteroatoms. The van der Waals surface area contributed by atoms with Crippen LogP contribution in [0.3, 0.4) is 0 Å². The summed E-state index contributed by atoms with van der Waals surface area (Å²) in [4.78, 5) is 8.44. The molecular formula is C10H19N5O. The number of hydrogen-bond donors (Lipinski definition) is 4. The Morgan fingerprint density at radius 3 is 2.50 bits per heavy atom. The van der Waals surface area contributed by atoms with Gasteiger partial charge >= 0.3 is 0 Å². The predicted molar refractivity (Wildman–Crippen MR) is 64.1 cm³/mol. The van der Waals surface area contributed by atoms with Crippen molar-refractivity contribution in [3.8, 4) is 0 Å². The number of nitrogens with zero attached hydrogens (tertiary/aromatic N) is 2. The van der Waals surface area contributed by atoms with Crippen molar-refractivity contribution in [2.75, 3.05) is 17.3 Å². The summed E-state index contributed by atoms with van der Waals surface area (Å²) in [7, 11) is 0. The number of aromatic nitrogens is 2. The molecule has 6 nitrogen and oxygen atoms in total. The van der Waals surface area contributed by atoms with Gasteiger partial charge in [0.05, 0.1) is 6.10 Å². The van der Waals surface area contributed by atoms with Crippen molar-refractivity contribution in [2.45, 2.75) is 33.3 Å². The lowest BCUT2D eigenvalue weighted by molar-refractivity contribution is 0.188. The summed E-state index contributed by atoms with van der Waals surface area (Å²) in [6, 6.07) is 0. The maximum atomic E-state index is 9.15. The zero-order valence-corrected chi connectivity index (χ0v) is 9.91. The van der Waals surface area contributed by atoms with Crippen molar-refractivity contribution in [3.05, 3.63) is 11.4 Å². The van der Waals surface area contributed by atoms with E-state index in [0.717, 1.165) is 11.4 Å². The van der Waals surface area contributed by atoms with Crippen LogP contribution in [-0.4, -0.2) is 27.7 Å². The Bertz CT molecular complexity index is 353. The standard InChI is InChI=1S/C10H19N5O/c1-6(16)4-5-12-9-7(2)10(15-11)14-8(3)13-9/h6,16H,4-5,11H2,1-3H3,(H2,12,13,14,15). The first-order chi connectivity index (χ1) is 7.54. The first kappa shape index (κ1) is 12.7. The van der Waals surface area contributed by atoms with Gasteiger partial charge in [-0.15, -0.1) is 0 Å². The molecule has 0 spiro atoms. The second-order valence-corrected chi connectivity index (χ2v) is 3.80. The lowest BCUT2D eigenvalue weighted by Gasteiger charge is -2.12. The Hall–Kier alpha value is -1.40. The number of aliphatic hydroxyl groups is 1. The Morgan fingerprint density at radius 2 is 1.94 bits per heavy atom. The van der Waals surface area contributed by atoms with E-state index < -0.39 is 0 Å². The molecule has 0 saturated heterocycles. The van der Waals surface area contributed by atoms with Crippen LogP contribution in [0.15, 0.2) is 0 Å². The Labute approximate surface area is 95.3 Å². The fraction of sp³-hybridized carbons (Fsp3) is 0.600. The third-order valence-corrected chi connectivity index (χ3v) is 2.25. The summed E-state index contributed by atoms with van der Waals surface area (Å²) in [5.74, 6) is 7.38. The van der Waals surface area contributed by atoms with Gasteiger partial charge in [0.2, 0.25) is 0 Å². The topological polar surface area (TPSA) is 96.1 Å². The second-order valence-electron chi connectivity index (χ2n) is 3.80. The molecule has 0 fully saturated rings. The van der Waals surface area contributed by atoms with Crippen molar-refractivity contribution in [1.29, 1.82) is 0 Å². The average molecular weight is 225 g/mol. The molecule has 0 aliphatic heterocycles. The van der Waals surface area contributed by atoms with Gasteiger partial charge < -0.3 is 15.8 Å². The maximum absolute atomic E-state index is 9.15. The number of aliphatic hydroxyl groups excluding tert-OH is 1. The van der Waals surface area contributed by atoms with Crippen LogP contribution in [-0.2, 0) is 0 Å². The van der Waals surface area contributed by atoms with Gasteiger partial charge in [-0.25, -0.2) is 15.8 Å². The van der Waals surface area contributed by atoms with Crippen molar-refractivity contribution in [1.82, 2.24) is 9.97 Å². The van der Waals surface area contributed by atoms with E-state index in [2.05, 4.69) is 20.7 Å². The molecule has 0 aromatic carbocycles. The van der Waals surface area contributed by atoms with E-state index in [-0.39, 0.29) is 6.10 Å². The monoisotopic (exact) mass is 225 g/mol. The van der Waals surface area contributed by atoms with Crippen LogP contribution in [0.1, 0.15) is 24.7 Å². The molecular weight excluding hydrogens is 206 g/mol. The number of nitrogen functional groups attached to an aromatic ring is 1. The van der Waals surface area contributed by atoms with E-state index >= 15 is 0 Å². The van der Waals surface area contributed by atoms with Crippen molar-refractivity contribution in [3.63, 3.8) is 0 Å². The van der Waals surface area contributed by atoms with Crippen LogP contribution < -0.4 is 16.6 Å². The first-order valence-electron chi connectivity index (χ1n) is 5.28. The largest absolute Gasteiger partial charge is 0.393 e. The van der Waals surface area contributed by atoms with E-state index in [0.29, 0.717) is 24.6 Å². The highest BCUT2D eigenvalue weighted by atomic mass is 16.3. The number of rotatable bonds is 5. The quantitative estimate of drug-likeness (QED) is 0.432. The minimum absolute atomic E-state index is 0.317. The molecule has 1 rings (SSSR count). The van der Waals surface area contributed by atoms with Gasteiger partial charge in [-0.1, -0.05) is 0 Å². The number of nitrogens with two attached hydrogens (primary N) is 1. The molecule has 16 heavy (non-hydrogen) atoms. The van der Waals surface area contributed by atoms with Crippen LogP contribution in [0, 0.1) is 13.8 Å². The lowest BCUT2D eigenvalue weighted by Crippen LogP contribution is -2.16. The number of hydrazine groups is 1. The first-order valence-corrected chi connectivity index (χ1v) is 5.28. The van der Waals surface area contributed by atoms with Gasteiger partial charge in [-0.3, -0.25) is 0 Å². The molecule has 5 N–H and O–H groups in total. The summed E-state index contributed by atoms with van der Waals surface area (Å²) in [6.07, 6.45) is 0.358. The van der Waals surface area contributed by atoms with Gasteiger partial charge in [0.15, 0.2) is 0 Å². The zero-order chi connectivity index (χ0) is 12.1. The molecule has 1 atom stereocenters. The third kappa shape index (κ3) is 3.32. The molecule has 0 aliphatic rings. The SMILES string of the molecule is Cc1nc(NN)c(C)c(NCCC(C)O)n1. The smallest absolute Gasteiger partial charge is 0.148 e. The summed E-state index contributed by atoms with van der Waals surface area (Å²) in [5.41, 5.74) is 3.41. The van der Waals surface area contributed by atoms with Crippen molar-refractivity contribution < 1.29 is 5.11 Å². The minimum Gasteiger partial charge on any atom is -0.393 e. The molecule has 1 aromatic rings. The Morgan fingerprint density at radius 1 is 1.31 bits per heavy atom. The van der Waals surface area contributed by atoms with E-state index in [9.17, 15) is 0 Å². The van der Waals surface area contributed by atoms with Gasteiger partial charge in [0, 0.05) is 12.1 Å². The Balaban J connectivity index is 2.75. The highest BCUT2D eigenvalue weighted by Crippen LogP contribution is 2.18. The van der Waals surface area contributed by atoms with Crippen LogP contribution in [0.5, 0.6) is 0 Å². The van der Waals surface area contributed by atoms with Crippen LogP contribution in [0.2, 0.25) is 0 Å². The molecule has 90 valence electrons. The molecule has 0 amide bonds. The summed E-state index contributed by atoms with van der Waals surface area (Å²) in [5, 5.41) is 12.3. The summed E-state index contributed by atoms with van der Waals surface area (Å²) < 4.78 is 0. The molecule has 0 bridgehead atoms. The van der Waals surface area contributed by atoms with Gasteiger partial charge in [0.1, 0.15) is 17.5 Å². The van der Waals surface area contributed by atoms with Crippen LogP contribution in [0.4, 0.5) is 11.6 Å². The number of aryl methyl sites for hydroxylation is 1. The highest BCUT2D eigenvalue weighted by molar-refractivity contribution is 5.56. The predicted octanol–water partition coefficient (Wildman–Crippen LogP) is 0.562. The van der Waals surface area contributed by atoms with E-state index in [1.807, 2.05) is 6.92 Å². The molecule has 1 unspecified atom stereocenters. The fourth-order valence-corrected chi connectivity index (χ4v) is 1.34. The molecule has 1 aromatic heterocycles. The van der Waals surface area contributed by atoms with Crippen LogP contribution in [0.25, 0.3) is 0 Å². The molecule has 0 radical (unpaired) electrons. The minimum atomic E-state index is -0.317. The van der Waals surface area contributed by atoms with E-state index in [1.165, 1.54) is 0 Å². The normalized spacial score (nSPS) is 12.3. The fourth-order valence-electron chi connectivity index (χ4n) is 1.34. The molecule has 0 aliphatic carbocycles.